The number of carbonyl (C=O) groups excluding carboxylic acids is 1. The molecule has 2 aromatic rings. The summed E-state index contributed by atoms with van der Waals surface area (Å²) in [5, 5.41) is 15.2. The third kappa shape index (κ3) is 4.72. The highest BCUT2D eigenvalue weighted by molar-refractivity contribution is 6.33. The summed E-state index contributed by atoms with van der Waals surface area (Å²) in [7, 11) is 1.52. The molecule has 0 saturated carbocycles. The van der Waals surface area contributed by atoms with Crippen LogP contribution in [0.2, 0.25) is 5.02 Å². The number of carbonyl (C=O) groups is 2. The fraction of sp³-hybridized carbons (Fsp3) is 0.267. The van der Waals surface area contributed by atoms with E-state index < -0.39 is 30.5 Å². The third-order valence-corrected chi connectivity index (χ3v) is 3.57. The fourth-order valence-electron chi connectivity index (χ4n) is 2.17. The number of carboxylic acids is 1. The van der Waals surface area contributed by atoms with Gasteiger partial charge in [0.05, 0.1) is 17.0 Å². The maximum atomic E-state index is 12.5. The van der Waals surface area contributed by atoms with Crippen molar-refractivity contribution in [1.82, 2.24) is 15.1 Å². The minimum Gasteiger partial charge on any atom is -0.480 e. The Hall–Kier alpha value is -2.55. The van der Waals surface area contributed by atoms with Crippen LogP contribution in [0, 0.1) is 0 Å². The van der Waals surface area contributed by atoms with E-state index in [1.165, 1.54) is 17.9 Å². The molecule has 1 amide bonds. The number of rotatable bonds is 5. The number of halogens is 4. The summed E-state index contributed by atoms with van der Waals surface area (Å²) in [5.41, 5.74) is 0.461. The Labute approximate surface area is 145 Å². The topological polar surface area (TPSA) is 84.2 Å². The minimum atomic E-state index is -4.74. The maximum absolute atomic E-state index is 12.5. The maximum Gasteiger partial charge on any atom is 0.391 e. The van der Waals surface area contributed by atoms with Crippen molar-refractivity contribution in [3.63, 3.8) is 0 Å². The van der Waals surface area contributed by atoms with Crippen LogP contribution in [0.5, 0.6) is 0 Å². The van der Waals surface area contributed by atoms with Crippen LogP contribution >= 0.6 is 11.6 Å². The second-order valence-electron chi connectivity index (χ2n) is 5.23. The van der Waals surface area contributed by atoms with E-state index >= 15 is 0 Å². The van der Waals surface area contributed by atoms with Gasteiger partial charge in [-0.3, -0.25) is 9.48 Å². The van der Waals surface area contributed by atoms with Gasteiger partial charge in [0.1, 0.15) is 11.7 Å². The zero-order valence-electron chi connectivity index (χ0n) is 12.8. The van der Waals surface area contributed by atoms with Crippen molar-refractivity contribution in [3.8, 4) is 11.3 Å². The zero-order chi connectivity index (χ0) is 18.8. The molecular formula is C15H13ClF3N3O3. The second kappa shape index (κ2) is 7.14. The number of benzene rings is 1. The van der Waals surface area contributed by atoms with Gasteiger partial charge in [-0.2, -0.15) is 18.3 Å². The van der Waals surface area contributed by atoms with Crippen molar-refractivity contribution in [2.75, 3.05) is 0 Å². The molecule has 1 aromatic carbocycles. The molecule has 1 atom stereocenters. The van der Waals surface area contributed by atoms with Crippen LogP contribution in [0.25, 0.3) is 11.3 Å². The summed E-state index contributed by atoms with van der Waals surface area (Å²) in [4.78, 5) is 23.3. The average Bonchev–Trinajstić information content (AvgIpc) is 2.87. The Kier molecular flexibility index (Phi) is 5.36. The summed E-state index contributed by atoms with van der Waals surface area (Å²) in [6.45, 7) is 0. The normalized spacial score (nSPS) is 12.7. The van der Waals surface area contributed by atoms with Crippen LogP contribution in [0.1, 0.15) is 16.8 Å². The summed E-state index contributed by atoms with van der Waals surface area (Å²) in [5.74, 6) is -2.77. The number of nitrogens with one attached hydrogen (secondary N) is 1. The molecule has 6 nitrogen and oxygen atoms in total. The van der Waals surface area contributed by atoms with Crippen LogP contribution in [0.3, 0.4) is 0 Å². The molecule has 10 heteroatoms. The minimum absolute atomic E-state index is 0.0796. The van der Waals surface area contributed by atoms with E-state index in [0.29, 0.717) is 10.6 Å². The fourth-order valence-corrected chi connectivity index (χ4v) is 2.40. The predicted molar refractivity (Wildman–Crippen MR) is 83.2 cm³/mol. The lowest BCUT2D eigenvalue weighted by Gasteiger charge is -2.16. The molecule has 0 aliphatic rings. The van der Waals surface area contributed by atoms with Crippen LogP contribution in [-0.2, 0) is 11.8 Å². The average molecular weight is 376 g/mol. The van der Waals surface area contributed by atoms with Crippen molar-refractivity contribution >= 4 is 23.5 Å². The smallest absolute Gasteiger partial charge is 0.391 e. The van der Waals surface area contributed by atoms with Crippen molar-refractivity contribution in [1.29, 1.82) is 0 Å². The SMILES string of the molecule is Cn1cc(C(=O)NC(CC(F)(F)F)C(=O)O)c(-c2ccccc2Cl)n1. The van der Waals surface area contributed by atoms with E-state index in [2.05, 4.69) is 5.10 Å². The molecule has 1 unspecified atom stereocenters. The van der Waals surface area contributed by atoms with E-state index in [-0.39, 0.29) is 11.3 Å². The molecule has 0 bridgehead atoms. The molecule has 0 aliphatic carbocycles. The largest absolute Gasteiger partial charge is 0.480 e. The van der Waals surface area contributed by atoms with Gasteiger partial charge in [0.15, 0.2) is 0 Å². The highest BCUT2D eigenvalue weighted by Gasteiger charge is 2.37. The van der Waals surface area contributed by atoms with Gasteiger partial charge in [-0.05, 0) is 6.07 Å². The molecular weight excluding hydrogens is 363 g/mol. The lowest BCUT2D eigenvalue weighted by atomic mass is 10.1. The molecule has 0 aliphatic heterocycles. The van der Waals surface area contributed by atoms with Crippen molar-refractivity contribution in [3.05, 3.63) is 41.0 Å². The standard InChI is InChI=1S/C15H13ClF3N3O3/c1-22-7-9(12(21-22)8-4-2-3-5-10(8)16)13(23)20-11(14(24)25)6-15(17,18)19/h2-5,7,11H,6H2,1H3,(H,20,23)(H,24,25). The first-order chi connectivity index (χ1) is 11.6. The number of alkyl halides is 3. The first-order valence-corrected chi connectivity index (χ1v) is 7.35. The number of amides is 1. The molecule has 0 fully saturated rings. The number of aryl methyl sites for hydroxylation is 1. The number of aliphatic carboxylic acids is 1. The summed E-state index contributed by atoms with van der Waals surface area (Å²) < 4.78 is 38.7. The number of hydrogen-bond donors (Lipinski definition) is 2. The molecule has 1 aromatic heterocycles. The predicted octanol–water partition coefficient (Wildman–Crippen LogP) is 2.88. The number of hydrogen-bond acceptors (Lipinski definition) is 3. The molecule has 2 N–H and O–H groups in total. The van der Waals surface area contributed by atoms with Crippen LogP contribution in [0.15, 0.2) is 30.5 Å². The molecule has 1 heterocycles. The van der Waals surface area contributed by atoms with Gasteiger partial charge in [0.2, 0.25) is 0 Å². The number of aromatic nitrogens is 2. The van der Waals surface area contributed by atoms with Gasteiger partial charge in [-0.1, -0.05) is 29.8 Å². The Morgan fingerprint density at radius 1 is 1.36 bits per heavy atom. The monoisotopic (exact) mass is 375 g/mol. The van der Waals surface area contributed by atoms with Crippen molar-refractivity contribution < 1.29 is 27.9 Å². The summed E-state index contributed by atoms with van der Waals surface area (Å²) >= 11 is 6.06. The number of carboxylic acid groups (broad SMARTS) is 1. The molecule has 0 radical (unpaired) electrons. The van der Waals surface area contributed by atoms with E-state index in [0.717, 1.165) is 0 Å². The van der Waals surface area contributed by atoms with E-state index in [4.69, 9.17) is 16.7 Å². The third-order valence-electron chi connectivity index (χ3n) is 3.24. The Morgan fingerprint density at radius 2 is 2.00 bits per heavy atom. The lowest BCUT2D eigenvalue weighted by Crippen LogP contribution is -2.43. The van der Waals surface area contributed by atoms with Crippen LogP contribution in [0.4, 0.5) is 13.2 Å². The Balaban J connectivity index is 2.34. The Bertz CT molecular complexity index is 805. The highest BCUT2D eigenvalue weighted by atomic mass is 35.5. The molecule has 0 saturated heterocycles. The van der Waals surface area contributed by atoms with Crippen LogP contribution in [-0.4, -0.2) is 39.0 Å². The van der Waals surface area contributed by atoms with Crippen molar-refractivity contribution in [2.24, 2.45) is 7.05 Å². The zero-order valence-corrected chi connectivity index (χ0v) is 13.6. The molecule has 2 rings (SSSR count). The first-order valence-electron chi connectivity index (χ1n) is 6.97. The highest BCUT2D eigenvalue weighted by Crippen LogP contribution is 2.29. The lowest BCUT2D eigenvalue weighted by molar-refractivity contribution is -0.157. The molecule has 25 heavy (non-hydrogen) atoms. The molecule has 0 spiro atoms. The van der Waals surface area contributed by atoms with E-state index in [9.17, 15) is 22.8 Å². The van der Waals surface area contributed by atoms with E-state index in [1.54, 1.807) is 24.3 Å². The molecule has 134 valence electrons. The quantitative estimate of drug-likeness (QED) is 0.841. The Morgan fingerprint density at radius 3 is 2.56 bits per heavy atom. The summed E-state index contributed by atoms with van der Waals surface area (Å²) in [6.07, 6.45) is -5.15. The van der Waals surface area contributed by atoms with Gasteiger partial charge in [-0.25, -0.2) is 4.79 Å². The summed E-state index contributed by atoms with van der Waals surface area (Å²) in [6, 6.07) is 4.37. The second-order valence-corrected chi connectivity index (χ2v) is 5.64. The van der Waals surface area contributed by atoms with Crippen molar-refractivity contribution in [2.45, 2.75) is 18.6 Å². The number of nitrogens with zero attached hydrogens (tertiary/aromatic N) is 2. The van der Waals surface area contributed by atoms with Gasteiger partial charge >= 0.3 is 12.1 Å². The van der Waals surface area contributed by atoms with Crippen LogP contribution < -0.4 is 5.32 Å². The van der Waals surface area contributed by atoms with Gasteiger partial charge in [0, 0.05) is 18.8 Å². The van der Waals surface area contributed by atoms with Gasteiger partial charge < -0.3 is 10.4 Å². The van der Waals surface area contributed by atoms with Gasteiger partial charge in [-0.15, -0.1) is 0 Å². The van der Waals surface area contributed by atoms with E-state index in [1.807, 2.05) is 5.32 Å². The van der Waals surface area contributed by atoms with Gasteiger partial charge in [0.25, 0.3) is 5.91 Å². The first kappa shape index (κ1) is 18.8.